The summed E-state index contributed by atoms with van der Waals surface area (Å²) >= 11 is 0. The maximum absolute atomic E-state index is 5.31. The van der Waals surface area contributed by atoms with E-state index in [9.17, 15) is 0 Å². The average Bonchev–Trinajstić information content (AvgIpc) is 2.03. The van der Waals surface area contributed by atoms with Crippen molar-refractivity contribution < 1.29 is 9.47 Å². The van der Waals surface area contributed by atoms with Crippen molar-refractivity contribution in [2.45, 2.75) is 25.6 Å². The van der Waals surface area contributed by atoms with Crippen LogP contribution in [0.15, 0.2) is 12.7 Å². The van der Waals surface area contributed by atoms with Crippen molar-refractivity contribution in [1.29, 1.82) is 0 Å². The standard InChI is InChI=1S/C8H14O2/c1-2-6-9-8-5-3-4-7-10-8/h2,8H,1,3-7H2/t8-/m1/s1. The van der Waals surface area contributed by atoms with Crippen LogP contribution in [-0.2, 0) is 9.47 Å². The van der Waals surface area contributed by atoms with Gasteiger partial charge in [0, 0.05) is 6.61 Å². The number of ether oxygens (including phenoxy) is 2. The molecule has 0 aromatic heterocycles. The van der Waals surface area contributed by atoms with E-state index in [1.54, 1.807) is 6.08 Å². The molecule has 0 aliphatic carbocycles. The summed E-state index contributed by atoms with van der Waals surface area (Å²) in [5.41, 5.74) is 0. The van der Waals surface area contributed by atoms with E-state index in [1.165, 1.54) is 12.8 Å². The van der Waals surface area contributed by atoms with Crippen molar-refractivity contribution in [1.82, 2.24) is 0 Å². The normalized spacial score (nSPS) is 26.2. The van der Waals surface area contributed by atoms with Gasteiger partial charge in [0.2, 0.25) is 0 Å². The van der Waals surface area contributed by atoms with Gasteiger partial charge in [-0.2, -0.15) is 0 Å². The molecule has 0 aromatic rings. The Morgan fingerprint density at radius 3 is 3.10 bits per heavy atom. The Kier molecular flexibility index (Phi) is 3.47. The van der Waals surface area contributed by atoms with Crippen LogP contribution in [0.4, 0.5) is 0 Å². The van der Waals surface area contributed by atoms with Crippen LogP contribution in [0.25, 0.3) is 0 Å². The molecular formula is C8H14O2. The van der Waals surface area contributed by atoms with Crippen LogP contribution in [0.5, 0.6) is 0 Å². The van der Waals surface area contributed by atoms with Gasteiger partial charge in [0.05, 0.1) is 6.61 Å². The van der Waals surface area contributed by atoms with Gasteiger partial charge in [0.15, 0.2) is 6.29 Å². The molecule has 1 saturated heterocycles. The summed E-state index contributed by atoms with van der Waals surface area (Å²) in [6, 6.07) is 0. The minimum Gasteiger partial charge on any atom is -0.353 e. The van der Waals surface area contributed by atoms with Gasteiger partial charge in [-0.1, -0.05) is 6.08 Å². The lowest BCUT2D eigenvalue weighted by Gasteiger charge is -2.21. The van der Waals surface area contributed by atoms with Crippen LogP contribution >= 0.6 is 0 Å². The van der Waals surface area contributed by atoms with E-state index < -0.39 is 0 Å². The van der Waals surface area contributed by atoms with Crippen LogP contribution in [0.3, 0.4) is 0 Å². The number of rotatable bonds is 3. The third-order valence-corrected chi connectivity index (χ3v) is 1.54. The van der Waals surface area contributed by atoms with Gasteiger partial charge in [-0.3, -0.25) is 0 Å². The molecule has 0 unspecified atom stereocenters. The first-order valence-electron chi connectivity index (χ1n) is 3.77. The highest BCUT2D eigenvalue weighted by atomic mass is 16.7. The molecule has 1 heterocycles. The lowest BCUT2D eigenvalue weighted by molar-refractivity contribution is -0.155. The highest BCUT2D eigenvalue weighted by Crippen LogP contribution is 2.13. The molecule has 1 aliphatic heterocycles. The molecule has 0 saturated carbocycles. The smallest absolute Gasteiger partial charge is 0.157 e. The molecule has 1 rings (SSSR count). The lowest BCUT2D eigenvalue weighted by Crippen LogP contribution is -2.22. The van der Waals surface area contributed by atoms with Crippen molar-refractivity contribution in [3.8, 4) is 0 Å². The van der Waals surface area contributed by atoms with Crippen LogP contribution in [0.1, 0.15) is 19.3 Å². The summed E-state index contributed by atoms with van der Waals surface area (Å²) in [5, 5.41) is 0. The Balaban J connectivity index is 2.07. The van der Waals surface area contributed by atoms with Gasteiger partial charge in [-0.05, 0) is 19.3 Å². The zero-order valence-corrected chi connectivity index (χ0v) is 6.21. The highest BCUT2D eigenvalue weighted by Gasteiger charge is 2.12. The molecule has 1 aliphatic rings. The molecule has 0 aromatic carbocycles. The van der Waals surface area contributed by atoms with Crippen LogP contribution in [0, 0.1) is 0 Å². The van der Waals surface area contributed by atoms with E-state index in [4.69, 9.17) is 9.47 Å². The Bertz CT molecular complexity index is 95.4. The second kappa shape index (κ2) is 4.47. The Hall–Kier alpha value is -0.340. The second-order valence-electron chi connectivity index (χ2n) is 2.42. The summed E-state index contributed by atoms with van der Waals surface area (Å²) in [6.07, 6.45) is 5.22. The van der Waals surface area contributed by atoms with Crippen LogP contribution in [-0.4, -0.2) is 19.5 Å². The SMILES string of the molecule is C=CCO[C@H]1CCCCO1. The molecule has 0 amide bonds. The zero-order chi connectivity index (χ0) is 7.23. The van der Waals surface area contributed by atoms with Gasteiger partial charge in [0.25, 0.3) is 0 Å². The summed E-state index contributed by atoms with van der Waals surface area (Å²) in [7, 11) is 0. The molecule has 0 radical (unpaired) electrons. The predicted molar refractivity (Wildman–Crippen MR) is 39.7 cm³/mol. The fraction of sp³-hybridized carbons (Fsp3) is 0.750. The van der Waals surface area contributed by atoms with E-state index in [0.717, 1.165) is 13.0 Å². The predicted octanol–water partition coefficient (Wildman–Crippen LogP) is 1.72. The number of hydrogen-bond donors (Lipinski definition) is 0. The van der Waals surface area contributed by atoms with Crippen molar-refractivity contribution in [3.05, 3.63) is 12.7 Å². The van der Waals surface area contributed by atoms with Gasteiger partial charge in [-0.25, -0.2) is 0 Å². The third kappa shape index (κ3) is 2.50. The van der Waals surface area contributed by atoms with Crippen molar-refractivity contribution in [2.24, 2.45) is 0 Å². The van der Waals surface area contributed by atoms with E-state index in [2.05, 4.69) is 6.58 Å². The summed E-state index contributed by atoms with van der Waals surface area (Å²) in [6.45, 7) is 5.02. The molecule has 1 atom stereocenters. The topological polar surface area (TPSA) is 18.5 Å². The molecule has 0 spiro atoms. The molecule has 10 heavy (non-hydrogen) atoms. The van der Waals surface area contributed by atoms with Crippen molar-refractivity contribution >= 4 is 0 Å². The minimum atomic E-state index is 0.0340. The molecule has 0 N–H and O–H groups in total. The highest BCUT2D eigenvalue weighted by molar-refractivity contribution is 4.65. The minimum absolute atomic E-state index is 0.0340. The molecule has 58 valence electrons. The maximum atomic E-state index is 5.31. The third-order valence-electron chi connectivity index (χ3n) is 1.54. The van der Waals surface area contributed by atoms with E-state index in [-0.39, 0.29) is 6.29 Å². The lowest BCUT2D eigenvalue weighted by atomic mass is 10.2. The first kappa shape index (κ1) is 7.76. The van der Waals surface area contributed by atoms with E-state index in [0.29, 0.717) is 6.61 Å². The number of hydrogen-bond acceptors (Lipinski definition) is 2. The second-order valence-corrected chi connectivity index (χ2v) is 2.42. The van der Waals surface area contributed by atoms with Gasteiger partial charge < -0.3 is 9.47 Å². The summed E-state index contributed by atoms with van der Waals surface area (Å²) in [4.78, 5) is 0. The van der Waals surface area contributed by atoms with E-state index in [1.807, 2.05) is 0 Å². The van der Waals surface area contributed by atoms with Gasteiger partial charge in [0.1, 0.15) is 0 Å². The molecule has 1 fully saturated rings. The van der Waals surface area contributed by atoms with Crippen LogP contribution in [0.2, 0.25) is 0 Å². The first-order valence-corrected chi connectivity index (χ1v) is 3.77. The van der Waals surface area contributed by atoms with Gasteiger partial charge >= 0.3 is 0 Å². The molecular weight excluding hydrogens is 128 g/mol. The molecule has 0 bridgehead atoms. The van der Waals surface area contributed by atoms with Crippen molar-refractivity contribution in [2.75, 3.05) is 13.2 Å². The fourth-order valence-electron chi connectivity index (χ4n) is 1.02. The largest absolute Gasteiger partial charge is 0.353 e. The fourth-order valence-corrected chi connectivity index (χ4v) is 1.02. The monoisotopic (exact) mass is 142 g/mol. The average molecular weight is 142 g/mol. The Labute approximate surface area is 61.8 Å². The van der Waals surface area contributed by atoms with Crippen LogP contribution < -0.4 is 0 Å². The van der Waals surface area contributed by atoms with Crippen molar-refractivity contribution in [3.63, 3.8) is 0 Å². The quantitative estimate of drug-likeness (QED) is 0.558. The zero-order valence-electron chi connectivity index (χ0n) is 6.21. The van der Waals surface area contributed by atoms with E-state index >= 15 is 0 Å². The first-order chi connectivity index (χ1) is 4.93. The Morgan fingerprint density at radius 2 is 2.50 bits per heavy atom. The summed E-state index contributed by atoms with van der Waals surface area (Å²) in [5.74, 6) is 0. The summed E-state index contributed by atoms with van der Waals surface area (Å²) < 4.78 is 10.6. The maximum Gasteiger partial charge on any atom is 0.157 e. The molecule has 2 nitrogen and oxygen atoms in total. The Morgan fingerprint density at radius 1 is 1.60 bits per heavy atom. The van der Waals surface area contributed by atoms with Gasteiger partial charge in [-0.15, -0.1) is 6.58 Å². The molecule has 2 heteroatoms.